The van der Waals surface area contributed by atoms with Crippen molar-refractivity contribution in [3.63, 3.8) is 0 Å². The highest BCUT2D eigenvalue weighted by Crippen LogP contribution is 2.32. The van der Waals surface area contributed by atoms with Crippen molar-refractivity contribution < 1.29 is 13.2 Å². The van der Waals surface area contributed by atoms with Crippen LogP contribution in [0.1, 0.15) is 5.56 Å². The molecular formula is C16H16BrN3O3S. The van der Waals surface area contributed by atoms with E-state index in [0.717, 1.165) is 10.0 Å². The van der Waals surface area contributed by atoms with Gasteiger partial charge in [0, 0.05) is 22.4 Å². The van der Waals surface area contributed by atoms with Crippen LogP contribution in [-0.4, -0.2) is 27.2 Å². The fourth-order valence-electron chi connectivity index (χ4n) is 2.60. The Morgan fingerprint density at radius 1 is 1.08 bits per heavy atom. The van der Waals surface area contributed by atoms with Gasteiger partial charge in [0.05, 0.1) is 11.9 Å². The van der Waals surface area contributed by atoms with Gasteiger partial charge in [0.25, 0.3) is 0 Å². The summed E-state index contributed by atoms with van der Waals surface area (Å²) < 4.78 is 25.9. The first-order valence-corrected chi connectivity index (χ1v) is 9.91. The summed E-state index contributed by atoms with van der Waals surface area (Å²) in [4.78, 5) is 12.1. The van der Waals surface area contributed by atoms with Crippen LogP contribution in [0.4, 0.5) is 21.9 Å². The number of nitrogens with zero attached hydrogens (tertiary/aromatic N) is 1. The van der Waals surface area contributed by atoms with Crippen LogP contribution in [0, 0.1) is 0 Å². The predicted octanol–water partition coefficient (Wildman–Crippen LogP) is 3.42. The number of anilines is 3. The molecular weight excluding hydrogens is 394 g/mol. The molecule has 1 heterocycles. The maximum absolute atomic E-state index is 12.1. The zero-order valence-electron chi connectivity index (χ0n) is 12.9. The molecule has 0 unspecified atom stereocenters. The molecule has 0 aliphatic carbocycles. The summed E-state index contributed by atoms with van der Waals surface area (Å²) in [6.45, 7) is 0.433. The van der Waals surface area contributed by atoms with Gasteiger partial charge >= 0.3 is 6.03 Å². The molecule has 8 heteroatoms. The van der Waals surface area contributed by atoms with Crippen LogP contribution in [0.2, 0.25) is 0 Å². The Hall–Kier alpha value is -2.06. The van der Waals surface area contributed by atoms with Crippen LogP contribution in [0.5, 0.6) is 0 Å². The molecule has 0 radical (unpaired) electrons. The van der Waals surface area contributed by atoms with Crippen LogP contribution in [0.25, 0.3) is 0 Å². The highest BCUT2D eigenvalue weighted by atomic mass is 79.9. The van der Waals surface area contributed by atoms with Crippen molar-refractivity contribution in [2.75, 3.05) is 27.7 Å². The smallest absolute Gasteiger partial charge is 0.308 e. The maximum Gasteiger partial charge on any atom is 0.323 e. The van der Waals surface area contributed by atoms with Crippen LogP contribution in [0.15, 0.2) is 46.9 Å². The molecule has 2 amide bonds. The van der Waals surface area contributed by atoms with E-state index in [1.54, 1.807) is 24.3 Å². The van der Waals surface area contributed by atoms with Crippen molar-refractivity contribution in [3.8, 4) is 0 Å². The topological polar surface area (TPSA) is 78.5 Å². The predicted molar refractivity (Wildman–Crippen MR) is 99.1 cm³/mol. The van der Waals surface area contributed by atoms with Gasteiger partial charge in [-0.2, -0.15) is 0 Å². The molecule has 126 valence electrons. The Morgan fingerprint density at radius 3 is 2.38 bits per heavy atom. The molecule has 2 aromatic rings. The summed E-state index contributed by atoms with van der Waals surface area (Å²) in [5, 5.41) is 5.45. The minimum atomic E-state index is -3.31. The number of halogens is 1. The SMILES string of the molecule is CS(=O)(=O)N1CCc2ccc(NC(=O)Nc3ccc(Br)cc3)cc21. The lowest BCUT2D eigenvalue weighted by Gasteiger charge is -2.17. The number of rotatable bonds is 3. The number of carbonyl (C=O) groups is 1. The number of nitrogens with one attached hydrogen (secondary N) is 2. The zero-order chi connectivity index (χ0) is 17.3. The number of carbonyl (C=O) groups excluding carboxylic acids is 1. The van der Waals surface area contributed by atoms with E-state index in [1.807, 2.05) is 18.2 Å². The summed E-state index contributed by atoms with van der Waals surface area (Å²) in [7, 11) is -3.31. The van der Waals surface area contributed by atoms with Gasteiger partial charge in [0.2, 0.25) is 10.0 Å². The minimum Gasteiger partial charge on any atom is -0.308 e. The zero-order valence-corrected chi connectivity index (χ0v) is 15.3. The normalized spacial score (nSPS) is 13.5. The number of urea groups is 1. The fourth-order valence-corrected chi connectivity index (χ4v) is 3.81. The summed E-state index contributed by atoms with van der Waals surface area (Å²) >= 11 is 3.33. The quantitative estimate of drug-likeness (QED) is 0.814. The molecule has 2 aromatic carbocycles. The van der Waals surface area contributed by atoms with Gasteiger partial charge in [-0.25, -0.2) is 13.2 Å². The lowest BCUT2D eigenvalue weighted by Crippen LogP contribution is -2.27. The van der Waals surface area contributed by atoms with Gasteiger partial charge in [-0.1, -0.05) is 22.0 Å². The summed E-state index contributed by atoms with van der Waals surface area (Å²) in [6.07, 6.45) is 1.86. The number of hydrogen-bond acceptors (Lipinski definition) is 3. The molecule has 0 saturated heterocycles. The molecule has 2 N–H and O–H groups in total. The second kappa shape index (κ2) is 6.45. The van der Waals surface area contributed by atoms with Gasteiger partial charge in [0.1, 0.15) is 0 Å². The van der Waals surface area contributed by atoms with Gasteiger partial charge in [0.15, 0.2) is 0 Å². The average molecular weight is 410 g/mol. The summed E-state index contributed by atoms with van der Waals surface area (Å²) in [5.41, 5.74) is 2.78. The van der Waals surface area contributed by atoms with E-state index in [1.165, 1.54) is 10.6 Å². The number of fused-ring (bicyclic) bond motifs is 1. The largest absolute Gasteiger partial charge is 0.323 e. The summed E-state index contributed by atoms with van der Waals surface area (Å²) in [5.74, 6) is 0. The second-order valence-electron chi connectivity index (χ2n) is 5.51. The molecule has 1 aliphatic heterocycles. The Labute approximate surface area is 149 Å². The Kier molecular flexibility index (Phi) is 4.51. The van der Waals surface area contributed by atoms with E-state index in [9.17, 15) is 13.2 Å². The number of hydrogen-bond donors (Lipinski definition) is 2. The number of amides is 2. The highest BCUT2D eigenvalue weighted by molar-refractivity contribution is 9.10. The van der Waals surface area contributed by atoms with E-state index in [-0.39, 0.29) is 6.03 Å². The third kappa shape index (κ3) is 3.70. The fraction of sp³-hybridized carbons (Fsp3) is 0.188. The minimum absolute atomic E-state index is 0.388. The highest BCUT2D eigenvalue weighted by Gasteiger charge is 2.26. The van der Waals surface area contributed by atoms with E-state index >= 15 is 0 Å². The van der Waals surface area contributed by atoms with E-state index in [4.69, 9.17) is 0 Å². The lowest BCUT2D eigenvalue weighted by atomic mass is 10.1. The van der Waals surface area contributed by atoms with Gasteiger partial charge in [-0.3, -0.25) is 4.31 Å². The van der Waals surface area contributed by atoms with Crippen molar-refractivity contribution in [2.24, 2.45) is 0 Å². The van der Waals surface area contributed by atoms with Crippen LogP contribution in [-0.2, 0) is 16.4 Å². The van der Waals surface area contributed by atoms with Crippen molar-refractivity contribution >= 4 is 49.0 Å². The van der Waals surface area contributed by atoms with Gasteiger partial charge in [-0.15, -0.1) is 0 Å². The molecule has 0 bridgehead atoms. The molecule has 1 aliphatic rings. The number of sulfonamides is 1. The third-order valence-corrected chi connectivity index (χ3v) is 5.41. The molecule has 0 aromatic heterocycles. The summed E-state index contributed by atoms with van der Waals surface area (Å²) in [6, 6.07) is 12.1. The third-order valence-electron chi connectivity index (χ3n) is 3.70. The second-order valence-corrected chi connectivity index (χ2v) is 8.34. The molecule has 0 atom stereocenters. The van der Waals surface area contributed by atoms with Crippen molar-refractivity contribution in [1.82, 2.24) is 0 Å². The van der Waals surface area contributed by atoms with Crippen molar-refractivity contribution in [2.45, 2.75) is 6.42 Å². The van der Waals surface area contributed by atoms with Crippen LogP contribution in [0.3, 0.4) is 0 Å². The molecule has 6 nitrogen and oxygen atoms in total. The maximum atomic E-state index is 12.1. The van der Waals surface area contributed by atoms with Crippen molar-refractivity contribution in [3.05, 3.63) is 52.5 Å². The van der Waals surface area contributed by atoms with E-state index < -0.39 is 10.0 Å². The van der Waals surface area contributed by atoms with E-state index in [2.05, 4.69) is 26.6 Å². The van der Waals surface area contributed by atoms with Crippen LogP contribution >= 0.6 is 15.9 Å². The standard InChI is InChI=1S/C16H16BrN3O3S/c1-24(22,23)20-9-8-11-2-5-14(10-15(11)20)19-16(21)18-13-6-3-12(17)4-7-13/h2-7,10H,8-9H2,1H3,(H2,18,19,21). The average Bonchev–Trinajstić information content (AvgIpc) is 2.93. The lowest BCUT2D eigenvalue weighted by molar-refractivity contribution is 0.262. The van der Waals surface area contributed by atoms with Crippen LogP contribution < -0.4 is 14.9 Å². The molecule has 3 rings (SSSR count). The van der Waals surface area contributed by atoms with Gasteiger partial charge < -0.3 is 10.6 Å². The first kappa shape index (κ1) is 16.8. The Morgan fingerprint density at radius 2 is 1.71 bits per heavy atom. The Bertz CT molecular complexity index is 882. The van der Waals surface area contributed by atoms with Gasteiger partial charge in [-0.05, 0) is 48.4 Å². The molecule has 0 fully saturated rings. The number of benzene rings is 2. The first-order valence-electron chi connectivity index (χ1n) is 7.27. The van der Waals surface area contributed by atoms with Crippen molar-refractivity contribution in [1.29, 1.82) is 0 Å². The first-order chi connectivity index (χ1) is 11.3. The van der Waals surface area contributed by atoms with E-state index in [0.29, 0.717) is 30.0 Å². The molecule has 0 saturated carbocycles. The molecule has 0 spiro atoms. The molecule has 24 heavy (non-hydrogen) atoms. The monoisotopic (exact) mass is 409 g/mol. The Balaban J connectivity index is 1.74.